The normalized spacial score (nSPS) is 21.7. The summed E-state index contributed by atoms with van der Waals surface area (Å²) in [5.74, 6) is -0.789. The summed E-state index contributed by atoms with van der Waals surface area (Å²) < 4.78 is 26.1. The lowest BCUT2D eigenvalue weighted by atomic mass is 9.97. The van der Waals surface area contributed by atoms with Crippen LogP contribution in [0.25, 0.3) is 0 Å². The van der Waals surface area contributed by atoms with Gasteiger partial charge in [0, 0.05) is 25.2 Å². The summed E-state index contributed by atoms with van der Waals surface area (Å²) in [5.41, 5.74) is 0.315. The van der Waals surface area contributed by atoms with E-state index in [0.29, 0.717) is 24.7 Å². The molecule has 1 aromatic rings. The van der Waals surface area contributed by atoms with Gasteiger partial charge in [-0.1, -0.05) is 20.8 Å². The van der Waals surface area contributed by atoms with Crippen LogP contribution >= 0.6 is 0 Å². The third kappa shape index (κ3) is 3.43. The average Bonchev–Trinajstić information content (AvgIpc) is 3.26. The summed E-state index contributed by atoms with van der Waals surface area (Å²) in [5, 5.41) is 9.27. The third-order valence-electron chi connectivity index (χ3n) is 4.29. The summed E-state index contributed by atoms with van der Waals surface area (Å²) in [7, 11) is -3.58. The van der Waals surface area contributed by atoms with Crippen molar-refractivity contribution in [3.05, 3.63) is 24.0 Å². The second-order valence-corrected chi connectivity index (χ2v) is 7.73. The quantitative estimate of drug-likeness (QED) is 0.759. The Hall–Kier alpha value is -1.78. The van der Waals surface area contributed by atoms with Crippen molar-refractivity contribution < 1.29 is 13.2 Å². The van der Waals surface area contributed by atoms with Crippen molar-refractivity contribution in [3.63, 3.8) is 0 Å². The maximum atomic E-state index is 12.4. The Balaban J connectivity index is 2.25. The molecule has 6 nitrogen and oxygen atoms in total. The third-order valence-corrected chi connectivity index (χ3v) is 6.32. The minimum absolute atomic E-state index is 0.0690. The van der Waals surface area contributed by atoms with Gasteiger partial charge in [-0.05, 0) is 24.5 Å². The second kappa shape index (κ2) is 6.77. The van der Waals surface area contributed by atoms with Crippen LogP contribution in [0.15, 0.2) is 23.2 Å². The number of hydrogen-bond acceptors (Lipinski definition) is 5. The van der Waals surface area contributed by atoms with Crippen LogP contribution in [-0.2, 0) is 14.8 Å². The number of hydrogen-bond donors (Lipinski definition) is 0. The summed E-state index contributed by atoms with van der Waals surface area (Å²) >= 11 is 0. The highest BCUT2D eigenvalue weighted by Gasteiger charge is 2.43. The Morgan fingerprint density at radius 1 is 1.43 bits per heavy atom. The van der Waals surface area contributed by atoms with Crippen molar-refractivity contribution in [1.82, 2.24) is 9.29 Å². The molecule has 1 fully saturated rings. The smallest absolute Gasteiger partial charge is 0.244 e. The Kier molecular flexibility index (Phi) is 5.17. The molecule has 7 heteroatoms. The molecule has 1 aliphatic rings. The largest absolute Gasteiger partial charge is 0.297 e. The Bertz CT molecular complexity index is 718. The SMILES string of the molecule is CCN(CC)S(=O)(=O)c1ccc(C(C#N)C(=O)C2CC2C)nc1. The first-order valence-corrected chi connectivity index (χ1v) is 9.20. The zero-order chi connectivity index (χ0) is 17.2. The van der Waals surface area contributed by atoms with Gasteiger partial charge >= 0.3 is 0 Å². The Morgan fingerprint density at radius 2 is 2.04 bits per heavy atom. The number of carbonyl (C=O) groups is 1. The van der Waals surface area contributed by atoms with Gasteiger partial charge in [0.05, 0.1) is 11.8 Å². The van der Waals surface area contributed by atoms with Gasteiger partial charge in [-0.2, -0.15) is 9.57 Å². The van der Waals surface area contributed by atoms with E-state index >= 15 is 0 Å². The van der Waals surface area contributed by atoms with E-state index in [2.05, 4.69) is 4.98 Å². The molecule has 0 aromatic carbocycles. The lowest BCUT2D eigenvalue weighted by Crippen LogP contribution is -2.30. The van der Waals surface area contributed by atoms with Gasteiger partial charge in [0.25, 0.3) is 0 Å². The highest BCUT2D eigenvalue weighted by molar-refractivity contribution is 7.89. The lowest BCUT2D eigenvalue weighted by molar-refractivity contribution is -0.120. The first kappa shape index (κ1) is 17.6. The van der Waals surface area contributed by atoms with Crippen molar-refractivity contribution in [2.75, 3.05) is 13.1 Å². The van der Waals surface area contributed by atoms with Crippen LogP contribution in [-0.4, -0.2) is 36.6 Å². The fraction of sp³-hybridized carbons (Fsp3) is 0.562. The van der Waals surface area contributed by atoms with E-state index in [1.54, 1.807) is 13.8 Å². The molecule has 0 aliphatic heterocycles. The lowest BCUT2D eigenvalue weighted by Gasteiger charge is -2.18. The van der Waals surface area contributed by atoms with Gasteiger partial charge in [0.2, 0.25) is 10.0 Å². The highest BCUT2D eigenvalue weighted by atomic mass is 32.2. The maximum absolute atomic E-state index is 12.4. The fourth-order valence-electron chi connectivity index (χ4n) is 2.64. The minimum Gasteiger partial charge on any atom is -0.297 e. The molecule has 0 radical (unpaired) electrons. The monoisotopic (exact) mass is 335 g/mol. The molecule has 0 N–H and O–H groups in total. The predicted molar refractivity (Wildman–Crippen MR) is 85.0 cm³/mol. The molecule has 0 saturated heterocycles. The number of nitrogens with zero attached hydrogens (tertiary/aromatic N) is 3. The zero-order valence-electron chi connectivity index (χ0n) is 13.6. The van der Waals surface area contributed by atoms with Gasteiger partial charge in [-0.25, -0.2) is 8.42 Å². The summed E-state index contributed by atoms with van der Waals surface area (Å²) in [6.45, 7) is 6.26. The molecule has 0 spiro atoms. The maximum Gasteiger partial charge on any atom is 0.244 e. The van der Waals surface area contributed by atoms with Crippen molar-refractivity contribution in [3.8, 4) is 6.07 Å². The summed E-state index contributed by atoms with van der Waals surface area (Å²) in [6.07, 6.45) is 2.04. The van der Waals surface area contributed by atoms with Crippen molar-refractivity contribution in [1.29, 1.82) is 5.26 Å². The van der Waals surface area contributed by atoms with Crippen LogP contribution in [0.4, 0.5) is 0 Å². The number of rotatable bonds is 7. The molecule has 1 aliphatic carbocycles. The topological polar surface area (TPSA) is 91.1 Å². The molecular weight excluding hydrogens is 314 g/mol. The number of sulfonamides is 1. The molecule has 0 amide bonds. The molecule has 2 rings (SSSR count). The average molecular weight is 335 g/mol. The first-order valence-electron chi connectivity index (χ1n) is 7.76. The van der Waals surface area contributed by atoms with E-state index in [-0.39, 0.29) is 16.6 Å². The van der Waals surface area contributed by atoms with E-state index in [1.807, 2.05) is 13.0 Å². The number of ketones is 1. The summed E-state index contributed by atoms with van der Waals surface area (Å²) in [6, 6.07) is 4.88. The first-order chi connectivity index (χ1) is 10.9. The van der Waals surface area contributed by atoms with Crippen LogP contribution in [0.2, 0.25) is 0 Å². The van der Waals surface area contributed by atoms with Crippen LogP contribution in [0.5, 0.6) is 0 Å². The number of carbonyl (C=O) groups excluding carboxylic acids is 1. The Morgan fingerprint density at radius 3 is 2.43 bits per heavy atom. The van der Waals surface area contributed by atoms with Gasteiger partial charge in [0.1, 0.15) is 10.8 Å². The standard InChI is InChI=1S/C16H21N3O3S/c1-4-19(5-2)23(21,22)12-6-7-15(18-10-12)14(9-17)16(20)13-8-11(13)3/h6-7,10-11,13-14H,4-5,8H2,1-3H3. The molecule has 3 unspecified atom stereocenters. The molecule has 1 aromatic heterocycles. The van der Waals surface area contributed by atoms with Gasteiger partial charge < -0.3 is 0 Å². The molecule has 124 valence electrons. The van der Waals surface area contributed by atoms with Crippen LogP contribution < -0.4 is 0 Å². The van der Waals surface area contributed by atoms with Crippen molar-refractivity contribution in [2.24, 2.45) is 11.8 Å². The Labute approximate surface area is 137 Å². The predicted octanol–water partition coefficient (Wildman–Crippen LogP) is 1.94. The van der Waals surface area contributed by atoms with E-state index in [0.717, 1.165) is 6.42 Å². The van der Waals surface area contributed by atoms with E-state index in [1.165, 1.54) is 22.6 Å². The molecule has 1 heterocycles. The number of Topliss-reactive ketones (excluding diaryl/α,β-unsaturated/α-hetero) is 1. The van der Waals surface area contributed by atoms with Gasteiger partial charge in [-0.15, -0.1) is 0 Å². The molecule has 1 saturated carbocycles. The molecule has 3 atom stereocenters. The number of aromatic nitrogens is 1. The molecule has 23 heavy (non-hydrogen) atoms. The van der Waals surface area contributed by atoms with Crippen LogP contribution in [0.3, 0.4) is 0 Å². The van der Waals surface area contributed by atoms with Crippen LogP contribution in [0, 0.1) is 23.2 Å². The number of nitriles is 1. The molecule has 0 bridgehead atoms. The second-order valence-electron chi connectivity index (χ2n) is 5.79. The zero-order valence-corrected chi connectivity index (χ0v) is 14.4. The van der Waals surface area contributed by atoms with E-state index in [9.17, 15) is 18.5 Å². The highest BCUT2D eigenvalue weighted by Crippen LogP contribution is 2.41. The van der Waals surface area contributed by atoms with Gasteiger partial charge in [-0.3, -0.25) is 9.78 Å². The molecular formula is C16H21N3O3S. The van der Waals surface area contributed by atoms with E-state index in [4.69, 9.17) is 0 Å². The fourth-order valence-corrected chi connectivity index (χ4v) is 4.04. The summed E-state index contributed by atoms with van der Waals surface area (Å²) in [4.78, 5) is 16.4. The number of pyridine rings is 1. The van der Waals surface area contributed by atoms with Gasteiger partial charge in [0.15, 0.2) is 5.78 Å². The van der Waals surface area contributed by atoms with Crippen molar-refractivity contribution >= 4 is 15.8 Å². The van der Waals surface area contributed by atoms with Crippen LogP contribution in [0.1, 0.15) is 38.8 Å². The van der Waals surface area contributed by atoms with Crippen molar-refractivity contribution in [2.45, 2.75) is 38.0 Å². The minimum atomic E-state index is -3.58. The van der Waals surface area contributed by atoms with E-state index < -0.39 is 15.9 Å².